The van der Waals surface area contributed by atoms with Gasteiger partial charge in [-0.15, -0.1) is 0 Å². The molecule has 1 aromatic rings. The van der Waals surface area contributed by atoms with E-state index in [2.05, 4.69) is 0 Å². The average Bonchev–Trinajstić information content (AvgIpc) is 2.41. The molecular formula is C13H16ClNO3. The van der Waals surface area contributed by atoms with Gasteiger partial charge in [0.25, 0.3) is 5.91 Å². The van der Waals surface area contributed by atoms with E-state index in [0.29, 0.717) is 37.1 Å². The van der Waals surface area contributed by atoms with E-state index in [9.17, 15) is 4.79 Å². The van der Waals surface area contributed by atoms with Crippen LogP contribution in [-0.4, -0.2) is 43.2 Å². The molecule has 98 valence electrons. The monoisotopic (exact) mass is 269 g/mol. The van der Waals surface area contributed by atoms with Gasteiger partial charge in [-0.05, 0) is 31.2 Å². The molecule has 1 aliphatic rings. The van der Waals surface area contributed by atoms with Gasteiger partial charge in [0.05, 0.1) is 13.2 Å². The molecule has 0 aliphatic carbocycles. The summed E-state index contributed by atoms with van der Waals surface area (Å²) in [5.41, 5.74) is 0. The van der Waals surface area contributed by atoms with Crippen LogP contribution in [0.15, 0.2) is 24.3 Å². The van der Waals surface area contributed by atoms with E-state index in [1.807, 2.05) is 0 Å². The second kappa shape index (κ2) is 6.07. The third kappa shape index (κ3) is 3.37. The number of hydrogen-bond donors (Lipinski definition) is 0. The van der Waals surface area contributed by atoms with Gasteiger partial charge in [-0.1, -0.05) is 11.6 Å². The number of benzene rings is 1. The average molecular weight is 270 g/mol. The molecule has 0 bridgehead atoms. The smallest absolute Gasteiger partial charge is 0.263 e. The standard InChI is InChI=1S/C13H16ClNO3/c1-10(13(16)15-6-8-17-9-7-15)18-12-4-2-11(14)3-5-12/h2-5,10H,6-9H2,1H3/t10-/m1/s1. The Kier molecular flexibility index (Phi) is 4.44. The molecule has 0 radical (unpaired) electrons. The highest BCUT2D eigenvalue weighted by molar-refractivity contribution is 6.30. The van der Waals surface area contributed by atoms with E-state index in [0.717, 1.165) is 0 Å². The fourth-order valence-electron chi connectivity index (χ4n) is 1.81. The summed E-state index contributed by atoms with van der Waals surface area (Å²) in [5, 5.41) is 0.648. The molecular weight excluding hydrogens is 254 g/mol. The highest BCUT2D eigenvalue weighted by atomic mass is 35.5. The molecule has 1 aliphatic heterocycles. The first-order chi connectivity index (χ1) is 8.66. The Balaban J connectivity index is 1.92. The first-order valence-electron chi connectivity index (χ1n) is 5.95. The maximum absolute atomic E-state index is 12.1. The maximum atomic E-state index is 12.1. The van der Waals surface area contributed by atoms with Crippen LogP contribution in [0, 0.1) is 0 Å². The van der Waals surface area contributed by atoms with Crippen molar-refractivity contribution in [2.75, 3.05) is 26.3 Å². The summed E-state index contributed by atoms with van der Waals surface area (Å²) >= 11 is 5.79. The van der Waals surface area contributed by atoms with Crippen LogP contribution in [0.4, 0.5) is 0 Å². The summed E-state index contributed by atoms with van der Waals surface area (Å²) in [4.78, 5) is 13.9. The minimum Gasteiger partial charge on any atom is -0.481 e. The van der Waals surface area contributed by atoms with Crippen LogP contribution in [0.25, 0.3) is 0 Å². The van der Waals surface area contributed by atoms with Crippen LogP contribution in [0.2, 0.25) is 5.02 Å². The highest BCUT2D eigenvalue weighted by Gasteiger charge is 2.23. The molecule has 1 heterocycles. The van der Waals surface area contributed by atoms with Crippen molar-refractivity contribution in [3.63, 3.8) is 0 Å². The largest absolute Gasteiger partial charge is 0.481 e. The summed E-state index contributed by atoms with van der Waals surface area (Å²) < 4.78 is 10.8. The van der Waals surface area contributed by atoms with Gasteiger partial charge in [0, 0.05) is 18.1 Å². The predicted octanol–water partition coefficient (Wildman–Crippen LogP) is 1.97. The molecule has 0 aromatic heterocycles. The van der Waals surface area contributed by atoms with Crippen molar-refractivity contribution in [1.29, 1.82) is 0 Å². The van der Waals surface area contributed by atoms with Gasteiger partial charge >= 0.3 is 0 Å². The van der Waals surface area contributed by atoms with Crippen LogP contribution >= 0.6 is 11.6 Å². The van der Waals surface area contributed by atoms with Crippen molar-refractivity contribution in [3.05, 3.63) is 29.3 Å². The summed E-state index contributed by atoms with van der Waals surface area (Å²) in [7, 11) is 0. The first-order valence-corrected chi connectivity index (χ1v) is 6.33. The third-order valence-electron chi connectivity index (χ3n) is 2.80. The number of morpholine rings is 1. The second-order valence-corrected chi connectivity index (χ2v) is 4.59. The zero-order chi connectivity index (χ0) is 13.0. The number of carbonyl (C=O) groups is 1. The Morgan fingerprint density at radius 3 is 2.56 bits per heavy atom. The molecule has 0 N–H and O–H groups in total. The van der Waals surface area contributed by atoms with Gasteiger partial charge in [-0.2, -0.15) is 0 Å². The van der Waals surface area contributed by atoms with Crippen molar-refractivity contribution in [2.45, 2.75) is 13.0 Å². The van der Waals surface area contributed by atoms with Gasteiger partial charge in [0.1, 0.15) is 5.75 Å². The molecule has 0 unspecified atom stereocenters. The van der Waals surface area contributed by atoms with E-state index in [1.165, 1.54) is 0 Å². The van der Waals surface area contributed by atoms with Crippen molar-refractivity contribution in [2.24, 2.45) is 0 Å². The number of hydrogen-bond acceptors (Lipinski definition) is 3. The lowest BCUT2D eigenvalue weighted by Gasteiger charge is -2.29. The maximum Gasteiger partial charge on any atom is 0.263 e. The molecule has 1 saturated heterocycles. The molecule has 1 aromatic carbocycles. The fourth-order valence-corrected chi connectivity index (χ4v) is 1.93. The van der Waals surface area contributed by atoms with Crippen molar-refractivity contribution < 1.29 is 14.3 Å². The van der Waals surface area contributed by atoms with Gasteiger partial charge in [0.15, 0.2) is 6.10 Å². The molecule has 4 nitrogen and oxygen atoms in total. The summed E-state index contributed by atoms with van der Waals surface area (Å²) in [6, 6.07) is 6.99. The number of rotatable bonds is 3. The third-order valence-corrected chi connectivity index (χ3v) is 3.05. The van der Waals surface area contributed by atoms with Gasteiger partial charge in [-0.3, -0.25) is 4.79 Å². The topological polar surface area (TPSA) is 38.8 Å². The normalized spacial score (nSPS) is 17.3. The predicted molar refractivity (Wildman–Crippen MR) is 68.9 cm³/mol. The Morgan fingerprint density at radius 1 is 1.33 bits per heavy atom. The van der Waals surface area contributed by atoms with Gasteiger partial charge in [-0.25, -0.2) is 0 Å². The Labute approximate surface area is 111 Å². The van der Waals surface area contributed by atoms with Crippen LogP contribution in [0.1, 0.15) is 6.92 Å². The minimum absolute atomic E-state index is 0.00625. The lowest BCUT2D eigenvalue weighted by molar-refractivity contribution is -0.142. The van der Waals surface area contributed by atoms with Crippen molar-refractivity contribution in [1.82, 2.24) is 4.90 Å². The van der Waals surface area contributed by atoms with E-state index >= 15 is 0 Å². The Bertz CT molecular complexity index is 401. The van der Waals surface area contributed by atoms with Crippen LogP contribution in [0.5, 0.6) is 5.75 Å². The van der Waals surface area contributed by atoms with E-state index < -0.39 is 6.10 Å². The molecule has 5 heteroatoms. The Morgan fingerprint density at radius 2 is 1.94 bits per heavy atom. The highest BCUT2D eigenvalue weighted by Crippen LogP contribution is 2.17. The molecule has 1 fully saturated rings. The van der Waals surface area contributed by atoms with Gasteiger partial charge in [0.2, 0.25) is 0 Å². The summed E-state index contributed by atoms with van der Waals surface area (Å²) in [6.07, 6.45) is -0.496. The summed E-state index contributed by atoms with van der Waals surface area (Å²) in [6.45, 7) is 4.21. The molecule has 2 rings (SSSR count). The number of amides is 1. The van der Waals surface area contributed by atoms with E-state index in [1.54, 1.807) is 36.1 Å². The second-order valence-electron chi connectivity index (χ2n) is 4.15. The van der Waals surface area contributed by atoms with Gasteiger partial charge < -0.3 is 14.4 Å². The number of carbonyl (C=O) groups excluding carboxylic acids is 1. The quantitative estimate of drug-likeness (QED) is 0.842. The molecule has 18 heavy (non-hydrogen) atoms. The van der Waals surface area contributed by atoms with Crippen LogP contribution in [0.3, 0.4) is 0 Å². The fraction of sp³-hybridized carbons (Fsp3) is 0.462. The Hall–Kier alpha value is -1.26. The molecule has 0 spiro atoms. The van der Waals surface area contributed by atoms with Crippen molar-refractivity contribution in [3.8, 4) is 5.75 Å². The number of nitrogens with zero attached hydrogens (tertiary/aromatic N) is 1. The zero-order valence-corrected chi connectivity index (χ0v) is 11.0. The number of halogens is 1. The van der Waals surface area contributed by atoms with E-state index in [-0.39, 0.29) is 5.91 Å². The van der Waals surface area contributed by atoms with Crippen molar-refractivity contribution >= 4 is 17.5 Å². The zero-order valence-electron chi connectivity index (χ0n) is 10.3. The lowest BCUT2D eigenvalue weighted by Crippen LogP contribution is -2.46. The minimum atomic E-state index is -0.496. The molecule has 1 atom stereocenters. The summed E-state index contributed by atoms with van der Waals surface area (Å²) in [5.74, 6) is 0.641. The van der Waals surface area contributed by atoms with E-state index in [4.69, 9.17) is 21.1 Å². The first kappa shape index (κ1) is 13.2. The SMILES string of the molecule is C[C@@H](Oc1ccc(Cl)cc1)C(=O)N1CCOCC1. The lowest BCUT2D eigenvalue weighted by atomic mass is 10.3. The molecule has 0 saturated carbocycles. The van der Waals surface area contributed by atoms with Crippen LogP contribution in [-0.2, 0) is 9.53 Å². The number of ether oxygens (including phenoxy) is 2. The van der Waals surface area contributed by atoms with Crippen LogP contribution < -0.4 is 4.74 Å². The molecule has 1 amide bonds.